The van der Waals surface area contributed by atoms with Crippen LogP contribution in [0.3, 0.4) is 0 Å². The number of aliphatic hydroxyl groups is 1. The minimum Gasteiger partial charge on any atom is -0.478 e. The highest BCUT2D eigenvalue weighted by atomic mass is 16.4. The van der Waals surface area contributed by atoms with Crippen molar-refractivity contribution in [3.8, 4) is 0 Å². The van der Waals surface area contributed by atoms with Gasteiger partial charge in [-0.15, -0.1) is 0 Å². The Hall–Kier alpha value is -2.21. The van der Waals surface area contributed by atoms with E-state index in [9.17, 15) is 19.5 Å². The summed E-state index contributed by atoms with van der Waals surface area (Å²) < 4.78 is 0. The van der Waals surface area contributed by atoms with Crippen LogP contribution in [0.4, 0.5) is 0 Å². The fraction of sp³-hybridized carbons (Fsp3) is 0.100. The Morgan fingerprint density at radius 3 is 1.94 bits per heavy atom. The summed E-state index contributed by atoms with van der Waals surface area (Å²) in [5, 5.41) is 17.8. The van der Waals surface area contributed by atoms with Crippen molar-refractivity contribution < 1.29 is 24.6 Å². The fourth-order valence-corrected chi connectivity index (χ4v) is 1.54. The number of aliphatic hydroxyl groups excluding tert-OH is 1. The molecular weight excluding hydrogens is 214 g/mol. The van der Waals surface area contributed by atoms with Crippen LogP contribution in [-0.4, -0.2) is 39.1 Å². The maximum Gasteiger partial charge on any atom is 0.354 e. The minimum absolute atomic E-state index is 0.104. The molecule has 2 N–H and O–H groups in total. The average Bonchev–Trinajstić information content (AvgIpc) is 2.52. The normalized spacial score (nSPS) is 16.2. The average molecular weight is 221 g/mol. The standard InChI is InChI=1S/C10H7NO5/c12-7-5-3-1-2-4-6(5)8(13)11(7)9(14)10(15)16/h1-4,9,14H,(H,15,16). The molecule has 1 aromatic rings. The molecular formula is C10H7NO5. The highest BCUT2D eigenvalue weighted by Crippen LogP contribution is 2.23. The first-order valence-corrected chi connectivity index (χ1v) is 4.42. The van der Waals surface area contributed by atoms with E-state index in [2.05, 4.69) is 0 Å². The monoisotopic (exact) mass is 221 g/mol. The molecule has 6 heteroatoms. The number of amides is 2. The predicted octanol–water partition coefficient (Wildman–Crippen LogP) is -0.314. The summed E-state index contributed by atoms with van der Waals surface area (Å²) in [7, 11) is 0. The molecule has 16 heavy (non-hydrogen) atoms. The van der Waals surface area contributed by atoms with Gasteiger partial charge in [0.1, 0.15) is 0 Å². The van der Waals surface area contributed by atoms with Gasteiger partial charge in [0, 0.05) is 0 Å². The van der Waals surface area contributed by atoms with E-state index in [0.29, 0.717) is 4.90 Å². The maximum absolute atomic E-state index is 11.6. The lowest BCUT2D eigenvalue weighted by atomic mass is 10.1. The third-order valence-corrected chi connectivity index (χ3v) is 2.29. The molecule has 0 radical (unpaired) electrons. The second-order valence-electron chi connectivity index (χ2n) is 3.24. The van der Waals surface area contributed by atoms with Gasteiger partial charge in [0.15, 0.2) is 0 Å². The maximum atomic E-state index is 11.6. The van der Waals surface area contributed by atoms with Crippen molar-refractivity contribution in [1.29, 1.82) is 0 Å². The van der Waals surface area contributed by atoms with Crippen molar-refractivity contribution >= 4 is 17.8 Å². The smallest absolute Gasteiger partial charge is 0.354 e. The van der Waals surface area contributed by atoms with Crippen molar-refractivity contribution in [2.24, 2.45) is 0 Å². The Kier molecular flexibility index (Phi) is 2.21. The quantitative estimate of drug-likeness (QED) is 0.667. The van der Waals surface area contributed by atoms with Crippen LogP contribution >= 0.6 is 0 Å². The van der Waals surface area contributed by atoms with Gasteiger partial charge in [-0.2, -0.15) is 0 Å². The Morgan fingerprint density at radius 2 is 1.56 bits per heavy atom. The first kappa shape index (κ1) is 10.3. The van der Waals surface area contributed by atoms with E-state index in [1.165, 1.54) is 12.1 Å². The van der Waals surface area contributed by atoms with Crippen molar-refractivity contribution in [3.63, 3.8) is 0 Å². The largest absolute Gasteiger partial charge is 0.478 e. The molecule has 82 valence electrons. The summed E-state index contributed by atoms with van der Waals surface area (Å²) in [6.45, 7) is 0. The van der Waals surface area contributed by atoms with Crippen LogP contribution in [0.2, 0.25) is 0 Å². The second kappa shape index (κ2) is 3.42. The third-order valence-electron chi connectivity index (χ3n) is 2.29. The molecule has 0 bridgehead atoms. The first-order chi connectivity index (χ1) is 7.54. The van der Waals surface area contributed by atoms with E-state index < -0.39 is 24.0 Å². The zero-order valence-electron chi connectivity index (χ0n) is 7.95. The van der Waals surface area contributed by atoms with Gasteiger partial charge in [-0.25, -0.2) is 9.69 Å². The lowest BCUT2D eigenvalue weighted by molar-refractivity contribution is -0.153. The van der Waals surface area contributed by atoms with Crippen LogP contribution in [0.15, 0.2) is 24.3 Å². The molecule has 1 heterocycles. The highest BCUT2D eigenvalue weighted by Gasteiger charge is 2.41. The summed E-state index contributed by atoms with van der Waals surface area (Å²) in [4.78, 5) is 34.1. The Labute approximate surface area is 89.7 Å². The minimum atomic E-state index is -2.15. The molecule has 0 aliphatic carbocycles. The van der Waals surface area contributed by atoms with Crippen LogP contribution in [0.1, 0.15) is 20.7 Å². The topological polar surface area (TPSA) is 94.9 Å². The molecule has 1 aliphatic heterocycles. The Balaban J connectivity index is 2.46. The molecule has 0 fully saturated rings. The molecule has 0 aromatic heterocycles. The van der Waals surface area contributed by atoms with Crippen molar-refractivity contribution in [2.45, 2.75) is 6.23 Å². The summed E-state index contributed by atoms with van der Waals surface area (Å²) in [6, 6.07) is 5.93. The molecule has 6 nitrogen and oxygen atoms in total. The summed E-state index contributed by atoms with van der Waals surface area (Å²) >= 11 is 0. The van der Waals surface area contributed by atoms with Gasteiger partial charge in [0.25, 0.3) is 11.8 Å². The molecule has 2 rings (SSSR count). The number of carboxylic acid groups (broad SMARTS) is 1. The van der Waals surface area contributed by atoms with Crippen molar-refractivity contribution in [2.75, 3.05) is 0 Å². The number of benzene rings is 1. The molecule has 1 unspecified atom stereocenters. The molecule has 1 aromatic carbocycles. The van der Waals surface area contributed by atoms with Gasteiger partial charge in [-0.05, 0) is 12.1 Å². The number of hydrogen-bond donors (Lipinski definition) is 2. The Bertz CT molecular complexity index is 461. The number of rotatable bonds is 2. The van der Waals surface area contributed by atoms with Gasteiger partial charge in [-0.1, -0.05) is 12.1 Å². The lowest BCUT2D eigenvalue weighted by Crippen LogP contribution is -2.44. The van der Waals surface area contributed by atoms with E-state index in [4.69, 9.17) is 5.11 Å². The number of fused-ring (bicyclic) bond motifs is 1. The van der Waals surface area contributed by atoms with E-state index >= 15 is 0 Å². The van der Waals surface area contributed by atoms with Crippen molar-refractivity contribution in [3.05, 3.63) is 35.4 Å². The van der Waals surface area contributed by atoms with Gasteiger partial charge in [-0.3, -0.25) is 9.59 Å². The number of imide groups is 1. The number of nitrogens with zero attached hydrogens (tertiary/aromatic N) is 1. The molecule has 1 atom stereocenters. The van der Waals surface area contributed by atoms with E-state index in [1.807, 2.05) is 0 Å². The molecule has 2 amide bonds. The number of hydrogen-bond acceptors (Lipinski definition) is 4. The summed E-state index contributed by atoms with van der Waals surface area (Å²) in [5.41, 5.74) is 0.209. The van der Waals surface area contributed by atoms with Crippen LogP contribution < -0.4 is 0 Å². The zero-order chi connectivity index (χ0) is 11.9. The Morgan fingerprint density at radius 1 is 1.12 bits per heavy atom. The number of carboxylic acids is 1. The van der Waals surface area contributed by atoms with Crippen LogP contribution in [0.25, 0.3) is 0 Å². The van der Waals surface area contributed by atoms with Gasteiger partial charge < -0.3 is 10.2 Å². The van der Waals surface area contributed by atoms with E-state index in [0.717, 1.165) is 0 Å². The van der Waals surface area contributed by atoms with E-state index in [-0.39, 0.29) is 11.1 Å². The van der Waals surface area contributed by atoms with Crippen LogP contribution in [0.5, 0.6) is 0 Å². The zero-order valence-corrected chi connectivity index (χ0v) is 7.95. The summed E-state index contributed by atoms with van der Waals surface area (Å²) in [5.74, 6) is -3.24. The second-order valence-corrected chi connectivity index (χ2v) is 3.24. The summed E-state index contributed by atoms with van der Waals surface area (Å²) in [6.07, 6.45) is -2.15. The molecule has 0 spiro atoms. The third kappa shape index (κ3) is 1.28. The lowest BCUT2D eigenvalue weighted by Gasteiger charge is -2.16. The van der Waals surface area contributed by atoms with Gasteiger partial charge >= 0.3 is 5.97 Å². The predicted molar refractivity (Wildman–Crippen MR) is 50.6 cm³/mol. The van der Waals surface area contributed by atoms with Crippen LogP contribution in [-0.2, 0) is 4.79 Å². The molecule has 0 saturated heterocycles. The number of carbonyl (C=O) groups excluding carboxylic acids is 2. The van der Waals surface area contributed by atoms with Gasteiger partial charge in [0.2, 0.25) is 6.23 Å². The van der Waals surface area contributed by atoms with Gasteiger partial charge in [0.05, 0.1) is 11.1 Å². The number of aliphatic carboxylic acids is 1. The SMILES string of the molecule is O=C(O)C(O)N1C(=O)c2ccccc2C1=O. The number of carbonyl (C=O) groups is 3. The van der Waals surface area contributed by atoms with Crippen molar-refractivity contribution in [1.82, 2.24) is 4.90 Å². The molecule has 0 saturated carbocycles. The molecule has 1 aliphatic rings. The fourth-order valence-electron chi connectivity index (χ4n) is 1.54. The van der Waals surface area contributed by atoms with E-state index in [1.54, 1.807) is 12.1 Å². The first-order valence-electron chi connectivity index (χ1n) is 4.42. The highest BCUT2D eigenvalue weighted by molar-refractivity contribution is 6.22. The van der Waals surface area contributed by atoms with Crippen LogP contribution in [0, 0.1) is 0 Å².